The molecule has 3 amide bonds. The maximum atomic E-state index is 13.0. The SMILES string of the molecule is COc1ccc(N2C[C@@H](C(=O)Nc3ccccc3C(=O)NCc3ccc4c(c3)OCO4)CC2=O)cc1. The molecule has 2 aliphatic rings. The van der Waals surface area contributed by atoms with Crippen molar-refractivity contribution in [2.75, 3.05) is 30.7 Å². The molecule has 0 aromatic heterocycles. The fourth-order valence-corrected chi connectivity index (χ4v) is 4.25. The van der Waals surface area contributed by atoms with Crippen molar-refractivity contribution < 1.29 is 28.6 Å². The second kappa shape index (κ2) is 9.99. The molecule has 1 atom stereocenters. The van der Waals surface area contributed by atoms with Crippen molar-refractivity contribution in [3.8, 4) is 17.2 Å². The average Bonchev–Trinajstić information content (AvgIpc) is 3.54. The molecule has 0 spiro atoms. The summed E-state index contributed by atoms with van der Waals surface area (Å²) in [5, 5.41) is 5.72. The van der Waals surface area contributed by atoms with Crippen molar-refractivity contribution in [1.82, 2.24) is 5.32 Å². The number of carbonyl (C=O) groups is 3. The van der Waals surface area contributed by atoms with Crippen LogP contribution >= 0.6 is 0 Å². The van der Waals surface area contributed by atoms with Crippen LogP contribution in [0.1, 0.15) is 22.3 Å². The van der Waals surface area contributed by atoms with Gasteiger partial charge in [-0.1, -0.05) is 18.2 Å². The minimum atomic E-state index is -0.538. The van der Waals surface area contributed by atoms with E-state index in [9.17, 15) is 14.4 Å². The van der Waals surface area contributed by atoms with E-state index in [1.54, 1.807) is 66.6 Å². The molecule has 0 unspecified atom stereocenters. The molecule has 0 saturated carbocycles. The molecular weight excluding hydrogens is 462 g/mol. The largest absolute Gasteiger partial charge is 0.497 e. The number of hydrogen-bond acceptors (Lipinski definition) is 6. The van der Waals surface area contributed by atoms with Crippen LogP contribution in [0.5, 0.6) is 17.2 Å². The van der Waals surface area contributed by atoms with Crippen molar-refractivity contribution in [2.45, 2.75) is 13.0 Å². The molecule has 36 heavy (non-hydrogen) atoms. The lowest BCUT2D eigenvalue weighted by molar-refractivity contribution is -0.122. The molecule has 3 aromatic rings. The summed E-state index contributed by atoms with van der Waals surface area (Å²) in [4.78, 5) is 40.1. The normalized spacial score (nSPS) is 16.1. The van der Waals surface area contributed by atoms with E-state index in [2.05, 4.69) is 10.6 Å². The summed E-state index contributed by atoms with van der Waals surface area (Å²) in [5.74, 6) is 0.701. The van der Waals surface area contributed by atoms with Crippen molar-refractivity contribution in [3.05, 3.63) is 77.9 Å². The first-order valence-corrected chi connectivity index (χ1v) is 11.5. The fraction of sp³-hybridized carbons (Fsp3) is 0.222. The molecule has 2 aliphatic heterocycles. The molecule has 1 saturated heterocycles. The summed E-state index contributed by atoms with van der Waals surface area (Å²) in [5.41, 5.74) is 2.29. The highest BCUT2D eigenvalue weighted by Crippen LogP contribution is 2.32. The van der Waals surface area contributed by atoms with E-state index in [-0.39, 0.29) is 44.0 Å². The molecule has 0 aliphatic carbocycles. The van der Waals surface area contributed by atoms with E-state index in [0.29, 0.717) is 34.2 Å². The van der Waals surface area contributed by atoms with Gasteiger partial charge in [0.1, 0.15) is 5.75 Å². The lowest BCUT2D eigenvalue weighted by Crippen LogP contribution is -2.29. The smallest absolute Gasteiger partial charge is 0.253 e. The van der Waals surface area contributed by atoms with Crippen LogP contribution in [0.15, 0.2) is 66.7 Å². The summed E-state index contributed by atoms with van der Waals surface area (Å²) in [6.45, 7) is 0.726. The number of benzene rings is 3. The van der Waals surface area contributed by atoms with Gasteiger partial charge in [-0.05, 0) is 54.1 Å². The number of amides is 3. The van der Waals surface area contributed by atoms with Gasteiger partial charge in [-0.3, -0.25) is 14.4 Å². The number of carbonyl (C=O) groups excluding carboxylic acids is 3. The zero-order chi connectivity index (χ0) is 25.1. The van der Waals surface area contributed by atoms with Crippen LogP contribution in [0.25, 0.3) is 0 Å². The molecule has 2 heterocycles. The van der Waals surface area contributed by atoms with Gasteiger partial charge < -0.3 is 29.7 Å². The predicted molar refractivity (Wildman–Crippen MR) is 132 cm³/mol. The Hall–Kier alpha value is -4.53. The average molecular weight is 488 g/mol. The molecule has 5 rings (SSSR count). The number of ether oxygens (including phenoxy) is 3. The third kappa shape index (κ3) is 4.81. The highest BCUT2D eigenvalue weighted by atomic mass is 16.7. The predicted octanol–water partition coefficient (Wildman–Crippen LogP) is 3.35. The Balaban J connectivity index is 1.22. The van der Waals surface area contributed by atoms with Crippen molar-refractivity contribution in [1.29, 1.82) is 0 Å². The van der Waals surface area contributed by atoms with Gasteiger partial charge in [0, 0.05) is 25.2 Å². The lowest BCUT2D eigenvalue weighted by Gasteiger charge is -2.17. The van der Waals surface area contributed by atoms with Gasteiger partial charge in [-0.25, -0.2) is 0 Å². The van der Waals surface area contributed by atoms with E-state index < -0.39 is 5.92 Å². The third-order valence-electron chi connectivity index (χ3n) is 6.20. The third-order valence-corrected chi connectivity index (χ3v) is 6.20. The van der Waals surface area contributed by atoms with E-state index >= 15 is 0 Å². The van der Waals surface area contributed by atoms with Crippen LogP contribution in [0.4, 0.5) is 11.4 Å². The van der Waals surface area contributed by atoms with E-state index in [1.165, 1.54) is 0 Å². The van der Waals surface area contributed by atoms with E-state index in [1.807, 2.05) is 12.1 Å². The summed E-state index contributed by atoms with van der Waals surface area (Å²) in [6, 6.07) is 19.4. The minimum absolute atomic E-state index is 0.0936. The number of rotatable bonds is 7. The molecule has 0 radical (unpaired) electrons. The topological polar surface area (TPSA) is 106 Å². The van der Waals surface area contributed by atoms with E-state index in [0.717, 1.165) is 5.56 Å². The highest BCUT2D eigenvalue weighted by molar-refractivity contribution is 6.07. The van der Waals surface area contributed by atoms with Crippen molar-refractivity contribution in [3.63, 3.8) is 0 Å². The van der Waals surface area contributed by atoms with Gasteiger partial charge in [0.15, 0.2) is 11.5 Å². The Morgan fingerprint density at radius 3 is 2.61 bits per heavy atom. The zero-order valence-corrected chi connectivity index (χ0v) is 19.7. The molecule has 184 valence electrons. The van der Waals surface area contributed by atoms with Crippen LogP contribution in [-0.4, -0.2) is 38.2 Å². The first kappa shape index (κ1) is 23.2. The number of fused-ring (bicyclic) bond motifs is 1. The summed E-state index contributed by atoms with van der Waals surface area (Å²) >= 11 is 0. The molecule has 9 nitrogen and oxygen atoms in total. The second-order valence-corrected chi connectivity index (χ2v) is 8.51. The van der Waals surface area contributed by atoms with Crippen LogP contribution in [0, 0.1) is 5.92 Å². The van der Waals surface area contributed by atoms with Crippen LogP contribution in [0.2, 0.25) is 0 Å². The van der Waals surface area contributed by atoms with Gasteiger partial charge in [0.25, 0.3) is 5.91 Å². The monoisotopic (exact) mass is 487 g/mol. The van der Waals surface area contributed by atoms with Crippen molar-refractivity contribution in [2.24, 2.45) is 5.92 Å². The van der Waals surface area contributed by atoms with Gasteiger partial charge in [-0.2, -0.15) is 0 Å². The summed E-state index contributed by atoms with van der Waals surface area (Å²) in [6.07, 6.45) is 0.0936. The maximum absolute atomic E-state index is 13.0. The van der Waals surface area contributed by atoms with Gasteiger partial charge >= 0.3 is 0 Å². The summed E-state index contributed by atoms with van der Waals surface area (Å²) < 4.78 is 15.9. The number of hydrogen-bond donors (Lipinski definition) is 2. The Bertz CT molecular complexity index is 1310. The Morgan fingerprint density at radius 2 is 1.81 bits per heavy atom. The number of nitrogens with zero attached hydrogens (tertiary/aromatic N) is 1. The first-order valence-electron chi connectivity index (χ1n) is 11.5. The zero-order valence-electron chi connectivity index (χ0n) is 19.7. The Morgan fingerprint density at radius 1 is 1.03 bits per heavy atom. The Kier molecular flexibility index (Phi) is 6.44. The fourth-order valence-electron chi connectivity index (χ4n) is 4.25. The molecular formula is C27H25N3O6. The minimum Gasteiger partial charge on any atom is -0.497 e. The lowest BCUT2D eigenvalue weighted by atomic mass is 10.1. The molecule has 1 fully saturated rings. The van der Waals surface area contributed by atoms with E-state index in [4.69, 9.17) is 14.2 Å². The number of para-hydroxylation sites is 1. The molecule has 3 aromatic carbocycles. The van der Waals surface area contributed by atoms with Crippen LogP contribution in [-0.2, 0) is 16.1 Å². The highest BCUT2D eigenvalue weighted by Gasteiger charge is 2.35. The van der Waals surface area contributed by atoms with Crippen LogP contribution < -0.4 is 29.7 Å². The maximum Gasteiger partial charge on any atom is 0.253 e. The van der Waals surface area contributed by atoms with Crippen molar-refractivity contribution >= 4 is 29.1 Å². The first-order chi connectivity index (χ1) is 17.5. The van der Waals surface area contributed by atoms with Gasteiger partial charge in [0.2, 0.25) is 18.6 Å². The summed E-state index contributed by atoms with van der Waals surface area (Å²) in [7, 11) is 1.58. The number of nitrogens with one attached hydrogen (secondary N) is 2. The molecule has 0 bridgehead atoms. The standard InChI is InChI=1S/C27H25N3O6/c1-34-20-9-7-19(8-10-20)30-15-18(13-25(30)31)26(32)29-22-5-3-2-4-21(22)27(33)28-14-17-6-11-23-24(12-17)36-16-35-23/h2-12,18H,13-16H2,1H3,(H,28,33)(H,29,32)/t18-/m0/s1. The second-order valence-electron chi connectivity index (χ2n) is 8.51. The molecule has 2 N–H and O–H groups in total. The quantitative estimate of drug-likeness (QED) is 0.530. The van der Waals surface area contributed by atoms with Gasteiger partial charge in [-0.15, -0.1) is 0 Å². The van der Waals surface area contributed by atoms with Gasteiger partial charge in [0.05, 0.1) is 24.3 Å². The number of anilines is 2. The molecule has 9 heteroatoms. The Labute approximate surface area is 208 Å². The van der Waals surface area contributed by atoms with Crippen LogP contribution in [0.3, 0.4) is 0 Å². The number of methoxy groups -OCH3 is 1.